The lowest BCUT2D eigenvalue weighted by atomic mass is 10.1. The Labute approximate surface area is 148 Å². The quantitative estimate of drug-likeness (QED) is 0.786. The molecule has 126 valence electrons. The van der Waals surface area contributed by atoms with Gasteiger partial charge < -0.3 is 4.90 Å². The predicted molar refractivity (Wildman–Crippen MR) is 92.7 cm³/mol. The van der Waals surface area contributed by atoms with Crippen LogP contribution in [0.1, 0.15) is 12.5 Å². The van der Waals surface area contributed by atoms with Crippen molar-refractivity contribution < 1.29 is 13.6 Å². The van der Waals surface area contributed by atoms with Gasteiger partial charge in [-0.1, -0.05) is 28.1 Å². The summed E-state index contributed by atoms with van der Waals surface area (Å²) < 4.78 is 27.8. The van der Waals surface area contributed by atoms with Gasteiger partial charge in [0, 0.05) is 41.4 Å². The highest BCUT2D eigenvalue weighted by molar-refractivity contribution is 9.10. The first-order valence-electron chi connectivity index (χ1n) is 7.70. The maximum Gasteiger partial charge on any atom is 0.244 e. The van der Waals surface area contributed by atoms with Crippen molar-refractivity contribution in [3.05, 3.63) is 64.1 Å². The molecule has 0 spiro atoms. The van der Waals surface area contributed by atoms with E-state index in [1.54, 1.807) is 4.90 Å². The molecule has 1 heterocycles. The number of hydrogen-bond donors (Lipinski definition) is 0. The fourth-order valence-electron chi connectivity index (χ4n) is 2.90. The minimum Gasteiger partial charge on any atom is -0.310 e. The molecule has 24 heavy (non-hydrogen) atoms. The molecule has 0 bridgehead atoms. The summed E-state index contributed by atoms with van der Waals surface area (Å²) in [5.41, 5.74) is 1.24. The Balaban J connectivity index is 1.75. The summed E-state index contributed by atoms with van der Waals surface area (Å²) in [6.07, 6.45) is 0. The number of rotatable bonds is 3. The molecule has 1 aliphatic heterocycles. The molecular weight excluding hydrogens is 378 g/mol. The van der Waals surface area contributed by atoms with Crippen LogP contribution in [0.2, 0.25) is 0 Å². The van der Waals surface area contributed by atoms with Gasteiger partial charge >= 0.3 is 0 Å². The largest absolute Gasteiger partial charge is 0.310 e. The predicted octanol–water partition coefficient (Wildman–Crippen LogP) is 3.96. The molecule has 0 unspecified atom stereocenters. The molecule has 1 aliphatic rings. The van der Waals surface area contributed by atoms with Gasteiger partial charge in [0.15, 0.2) is 0 Å². The normalized spacial score (nSPS) is 18.9. The molecule has 0 N–H and O–H groups in total. The van der Waals surface area contributed by atoms with E-state index in [0.29, 0.717) is 18.7 Å². The van der Waals surface area contributed by atoms with Crippen LogP contribution in [0.5, 0.6) is 0 Å². The van der Waals surface area contributed by atoms with E-state index in [9.17, 15) is 13.6 Å². The first-order chi connectivity index (χ1) is 11.5. The van der Waals surface area contributed by atoms with E-state index >= 15 is 0 Å². The lowest BCUT2D eigenvalue weighted by molar-refractivity contribution is -0.125. The molecule has 1 amide bonds. The van der Waals surface area contributed by atoms with Gasteiger partial charge in [-0.05, 0) is 31.2 Å². The Morgan fingerprint density at radius 2 is 1.96 bits per heavy atom. The summed E-state index contributed by atoms with van der Waals surface area (Å²) in [6.45, 7) is 3.25. The Bertz CT molecular complexity index is 768. The first kappa shape index (κ1) is 17.0. The molecule has 1 fully saturated rings. The van der Waals surface area contributed by atoms with Gasteiger partial charge in [0.05, 0.1) is 6.04 Å². The summed E-state index contributed by atoms with van der Waals surface area (Å²) in [5.74, 6) is -1.20. The van der Waals surface area contributed by atoms with E-state index in [1.807, 2.05) is 36.1 Å². The summed E-state index contributed by atoms with van der Waals surface area (Å²) in [6, 6.07) is 10.8. The maximum absolute atomic E-state index is 13.8. The highest BCUT2D eigenvalue weighted by atomic mass is 79.9. The van der Waals surface area contributed by atoms with Crippen LogP contribution < -0.4 is 4.90 Å². The lowest BCUT2D eigenvalue weighted by Gasteiger charge is -2.39. The van der Waals surface area contributed by atoms with E-state index in [4.69, 9.17) is 0 Å². The van der Waals surface area contributed by atoms with Crippen molar-refractivity contribution in [2.45, 2.75) is 19.5 Å². The molecule has 0 radical (unpaired) electrons. The van der Waals surface area contributed by atoms with E-state index in [-0.39, 0.29) is 18.5 Å². The van der Waals surface area contributed by atoms with Gasteiger partial charge in [0.2, 0.25) is 5.91 Å². The highest BCUT2D eigenvalue weighted by Gasteiger charge is 2.32. The minimum atomic E-state index is -0.597. The van der Waals surface area contributed by atoms with Crippen LogP contribution in [0.15, 0.2) is 46.9 Å². The molecule has 3 rings (SSSR count). The number of benzene rings is 2. The summed E-state index contributed by atoms with van der Waals surface area (Å²) in [7, 11) is 0. The molecule has 2 aromatic carbocycles. The number of carbonyl (C=O) groups is 1. The number of hydrogen-bond acceptors (Lipinski definition) is 2. The second-order valence-electron chi connectivity index (χ2n) is 5.85. The van der Waals surface area contributed by atoms with Gasteiger partial charge in [0.25, 0.3) is 0 Å². The standard InChI is InChI=1S/C18H17BrF2N2O/c1-12-18(24)23(16-4-2-3-14(19)9-16)8-7-22(12)11-13-5-6-15(20)10-17(13)21/h2-6,9-10,12H,7-8,11H2,1H3/t12-/m1/s1. The summed E-state index contributed by atoms with van der Waals surface area (Å²) in [4.78, 5) is 16.3. The smallest absolute Gasteiger partial charge is 0.244 e. The van der Waals surface area contributed by atoms with Crippen molar-refractivity contribution >= 4 is 27.5 Å². The van der Waals surface area contributed by atoms with Crippen molar-refractivity contribution in [2.24, 2.45) is 0 Å². The molecule has 6 heteroatoms. The van der Waals surface area contributed by atoms with Crippen LogP contribution in [0.25, 0.3) is 0 Å². The zero-order chi connectivity index (χ0) is 17.3. The van der Waals surface area contributed by atoms with Gasteiger partial charge in [-0.15, -0.1) is 0 Å². The number of piperazine rings is 1. The van der Waals surface area contributed by atoms with Crippen molar-refractivity contribution in [2.75, 3.05) is 18.0 Å². The van der Waals surface area contributed by atoms with E-state index in [1.165, 1.54) is 12.1 Å². The fourth-order valence-corrected chi connectivity index (χ4v) is 3.29. The third-order valence-electron chi connectivity index (χ3n) is 4.29. The van der Waals surface area contributed by atoms with E-state index in [2.05, 4.69) is 15.9 Å². The average Bonchev–Trinajstić information content (AvgIpc) is 2.54. The van der Waals surface area contributed by atoms with Crippen LogP contribution in [0.3, 0.4) is 0 Å². The second kappa shape index (κ2) is 6.99. The van der Waals surface area contributed by atoms with Crippen LogP contribution in [-0.2, 0) is 11.3 Å². The molecule has 1 atom stereocenters. The number of amides is 1. The minimum absolute atomic E-state index is 0.0260. The van der Waals surface area contributed by atoms with Gasteiger partial charge in [0.1, 0.15) is 11.6 Å². The second-order valence-corrected chi connectivity index (χ2v) is 6.77. The molecular formula is C18H17BrF2N2O. The zero-order valence-electron chi connectivity index (χ0n) is 13.2. The Morgan fingerprint density at radius 1 is 1.17 bits per heavy atom. The SMILES string of the molecule is C[C@@H]1C(=O)N(c2cccc(Br)c2)CCN1Cc1ccc(F)cc1F. The number of carbonyl (C=O) groups excluding carboxylic acids is 1. The Kier molecular flexibility index (Phi) is 4.96. The zero-order valence-corrected chi connectivity index (χ0v) is 14.8. The molecule has 3 nitrogen and oxygen atoms in total. The van der Waals surface area contributed by atoms with E-state index in [0.717, 1.165) is 16.2 Å². The summed E-state index contributed by atoms with van der Waals surface area (Å²) in [5, 5.41) is 0. The van der Waals surface area contributed by atoms with Crippen molar-refractivity contribution in [3.8, 4) is 0 Å². The van der Waals surface area contributed by atoms with E-state index < -0.39 is 11.6 Å². The van der Waals surface area contributed by atoms with Crippen molar-refractivity contribution in [3.63, 3.8) is 0 Å². The van der Waals surface area contributed by atoms with Crippen LogP contribution in [0.4, 0.5) is 14.5 Å². The third-order valence-corrected chi connectivity index (χ3v) is 4.78. The van der Waals surface area contributed by atoms with Gasteiger partial charge in [-0.2, -0.15) is 0 Å². The third kappa shape index (κ3) is 3.49. The van der Waals surface area contributed by atoms with Crippen molar-refractivity contribution in [1.82, 2.24) is 4.90 Å². The highest BCUT2D eigenvalue weighted by Crippen LogP contribution is 2.25. The van der Waals surface area contributed by atoms with Crippen LogP contribution in [0, 0.1) is 11.6 Å². The molecule has 0 aliphatic carbocycles. The molecule has 0 aromatic heterocycles. The molecule has 1 saturated heterocycles. The Morgan fingerprint density at radius 3 is 2.67 bits per heavy atom. The number of anilines is 1. The lowest BCUT2D eigenvalue weighted by Crippen LogP contribution is -2.55. The van der Waals surface area contributed by atoms with Gasteiger partial charge in [-0.25, -0.2) is 8.78 Å². The molecule has 2 aromatic rings. The molecule has 0 saturated carbocycles. The average molecular weight is 395 g/mol. The number of nitrogens with zero attached hydrogens (tertiary/aromatic N) is 2. The first-order valence-corrected chi connectivity index (χ1v) is 8.50. The Hall–Kier alpha value is -1.79. The van der Waals surface area contributed by atoms with Gasteiger partial charge in [-0.3, -0.25) is 9.69 Å². The van der Waals surface area contributed by atoms with Crippen molar-refractivity contribution in [1.29, 1.82) is 0 Å². The maximum atomic E-state index is 13.8. The van der Waals surface area contributed by atoms with Crippen LogP contribution >= 0.6 is 15.9 Å². The fraction of sp³-hybridized carbons (Fsp3) is 0.278. The number of halogens is 3. The topological polar surface area (TPSA) is 23.6 Å². The van der Waals surface area contributed by atoms with Crippen LogP contribution in [-0.4, -0.2) is 29.9 Å². The monoisotopic (exact) mass is 394 g/mol. The summed E-state index contributed by atoms with van der Waals surface area (Å²) >= 11 is 3.41.